The molecule has 1 aromatic carbocycles. The molecule has 2 aliphatic rings. The zero-order valence-corrected chi connectivity index (χ0v) is 18.7. The van der Waals surface area contributed by atoms with Gasteiger partial charge in [0.05, 0.1) is 12.1 Å². The summed E-state index contributed by atoms with van der Waals surface area (Å²) in [6.45, 7) is 3.14. The molecule has 35 heavy (non-hydrogen) atoms. The van der Waals surface area contributed by atoms with Gasteiger partial charge in [0.1, 0.15) is 17.3 Å². The van der Waals surface area contributed by atoms with Crippen molar-refractivity contribution < 1.29 is 18.0 Å². The van der Waals surface area contributed by atoms with E-state index in [0.29, 0.717) is 30.7 Å². The molecule has 3 N–H and O–H groups in total. The number of aromatic nitrogens is 4. The molecule has 4 heterocycles. The number of amidine groups is 1. The zero-order chi connectivity index (χ0) is 24.9. The van der Waals surface area contributed by atoms with Crippen LogP contribution in [0.3, 0.4) is 0 Å². The van der Waals surface area contributed by atoms with Gasteiger partial charge >= 0.3 is 6.18 Å². The molecule has 2 aliphatic heterocycles. The van der Waals surface area contributed by atoms with Crippen molar-refractivity contribution >= 4 is 35.2 Å². The van der Waals surface area contributed by atoms with E-state index in [9.17, 15) is 18.0 Å². The van der Waals surface area contributed by atoms with E-state index in [1.54, 1.807) is 31.4 Å². The first-order valence-corrected chi connectivity index (χ1v) is 10.6. The summed E-state index contributed by atoms with van der Waals surface area (Å²) in [4.78, 5) is 27.5. The van der Waals surface area contributed by atoms with Gasteiger partial charge in [0.15, 0.2) is 5.69 Å². The van der Waals surface area contributed by atoms with Crippen LogP contribution < -0.4 is 16.0 Å². The van der Waals surface area contributed by atoms with E-state index >= 15 is 0 Å². The Labute approximate surface area is 197 Å². The molecule has 12 heteroatoms. The summed E-state index contributed by atoms with van der Waals surface area (Å²) >= 11 is 0. The second kappa shape index (κ2) is 8.15. The molecule has 0 fully saturated rings. The Balaban J connectivity index is 1.66. The van der Waals surface area contributed by atoms with Crippen molar-refractivity contribution in [1.29, 1.82) is 0 Å². The number of carbonyl (C=O) groups excluding carboxylic acids is 1. The highest BCUT2D eigenvalue weighted by molar-refractivity contribution is 6.36. The number of carbonyl (C=O) groups is 1. The van der Waals surface area contributed by atoms with E-state index in [4.69, 9.17) is 5.73 Å². The van der Waals surface area contributed by atoms with E-state index in [1.807, 2.05) is 17.9 Å². The van der Waals surface area contributed by atoms with Crippen molar-refractivity contribution in [2.24, 2.45) is 10.7 Å². The zero-order valence-electron chi connectivity index (χ0n) is 18.7. The van der Waals surface area contributed by atoms with Gasteiger partial charge < -0.3 is 16.0 Å². The van der Waals surface area contributed by atoms with Gasteiger partial charge in [-0.05, 0) is 36.3 Å². The molecule has 0 radical (unpaired) electrons. The number of alkyl halides is 3. The van der Waals surface area contributed by atoms with Crippen LogP contribution in [0.4, 0.5) is 24.9 Å². The normalized spacial score (nSPS) is 14.7. The van der Waals surface area contributed by atoms with Crippen LogP contribution in [0.15, 0.2) is 35.5 Å². The van der Waals surface area contributed by atoms with Crippen LogP contribution in [0.5, 0.6) is 0 Å². The number of rotatable bonds is 4. The van der Waals surface area contributed by atoms with Crippen LogP contribution in [0.2, 0.25) is 0 Å². The lowest BCUT2D eigenvalue weighted by Gasteiger charge is -2.28. The number of nitrogens with one attached hydrogen (secondary N) is 1. The topological polar surface area (TPSA) is 122 Å². The fraction of sp³-hybridized carbons (Fsp3) is 0.217. The van der Waals surface area contributed by atoms with Crippen LogP contribution in [0.25, 0.3) is 22.9 Å². The van der Waals surface area contributed by atoms with Gasteiger partial charge in [0.2, 0.25) is 5.95 Å². The van der Waals surface area contributed by atoms with E-state index in [2.05, 4.69) is 30.5 Å². The summed E-state index contributed by atoms with van der Waals surface area (Å²) in [7, 11) is 1.74. The van der Waals surface area contributed by atoms with Crippen LogP contribution in [0, 0.1) is 6.92 Å². The van der Waals surface area contributed by atoms with Gasteiger partial charge in [-0.15, -0.1) is 10.2 Å². The third-order valence-corrected chi connectivity index (χ3v) is 5.81. The molecule has 0 atom stereocenters. The number of benzene rings is 1. The first kappa shape index (κ1) is 22.4. The maximum atomic E-state index is 13.1. The van der Waals surface area contributed by atoms with Gasteiger partial charge in [-0.2, -0.15) is 18.2 Å². The van der Waals surface area contributed by atoms with Crippen molar-refractivity contribution in [3.05, 3.63) is 58.4 Å². The number of anilines is 2. The summed E-state index contributed by atoms with van der Waals surface area (Å²) in [5.74, 6) is 0.928. The molecule has 9 nitrogen and oxygen atoms in total. The molecular formula is C23H19F3N8O. The SMILES string of the molecule is CNc1ncc2c(n1)N1CCN=C1C(c1cc(-c3nnc(C(F)(F)F)cc3C(N)=O)ccc1C)=C2. The summed E-state index contributed by atoms with van der Waals surface area (Å²) in [5, 5.41) is 9.93. The van der Waals surface area contributed by atoms with Gasteiger partial charge in [-0.1, -0.05) is 12.1 Å². The molecule has 0 unspecified atom stereocenters. The number of aliphatic imine (C=N–C) groups is 1. The Morgan fingerprint density at radius 2 is 2.00 bits per heavy atom. The molecule has 0 saturated heterocycles. The Bertz CT molecular complexity index is 1430. The molecule has 0 bridgehead atoms. The van der Waals surface area contributed by atoms with Crippen molar-refractivity contribution in [3.8, 4) is 11.3 Å². The van der Waals surface area contributed by atoms with E-state index in [1.165, 1.54) is 0 Å². The van der Waals surface area contributed by atoms with Gasteiger partial charge in [-0.25, -0.2) is 4.98 Å². The Morgan fingerprint density at radius 1 is 1.20 bits per heavy atom. The molecule has 0 saturated carbocycles. The lowest BCUT2D eigenvalue weighted by Crippen LogP contribution is -2.32. The first-order valence-electron chi connectivity index (χ1n) is 10.6. The van der Waals surface area contributed by atoms with Gasteiger partial charge in [0, 0.05) is 36.5 Å². The summed E-state index contributed by atoms with van der Waals surface area (Å²) in [5.41, 5.74) is 7.38. The minimum atomic E-state index is -4.76. The standard InChI is InChI=1S/C23H19F3N8O/c1-11-3-4-12(18-16(19(27)35)9-17(32-33-18)23(24,25)26)7-14(11)15-8-13-10-30-22(28-2)31-20(13)34-6-5-29-21(15)34/h3-4,7-10H,5-6H2,1-2H3,(H2,27,35)(H,28,30,31). The van der Waals surface area contributed by atoms with Crippen molar-refractivity contribution in [2.75, 3.05) is 30.4 Å². The lowest BCUT2D eigenvalue weighted by molar-refractivity contribution is -0.141. The minimum Gasteiger partial charge on any atom is -0.366 e. The second-order valence-electron chi connectivity index (χ2n) is 8.02. The van der Waals surface area contributed by atoms with Crippen molar-refractivity contribution in [2.45, 2.75) is 13.1 Å². The van der Waals surface area contributed by atoms with Gasteiger partial charge in [-0.3, -0.25) is 9.79 Å². The predicted molar refractivity (Wildman–Crippen MR) is 125 cm³/mol. The Morgan fingerprint density at radius 3 is 2.71 bits per heavy atom. The third-order valence-electron chi connectivity index (χ3n) is 5.81. The van der Waals surface area contributed by atoms with E-state index in [-0.39, 0.29) is 11.3 Å². The number of halogens is 3. The average Bonchev–Trinajstić information content (AvgIpc) is 3.33. The quantitative estimate of drug-likeness (QED) is 0.588. The predicted octanol–water partition coefficient (Wildman–Crippen LogP) is 3.17. The number of primary amides is 1. The fourth-order valence-electron chi connectivity index (χ4n) is 4.11. The van der Waals surface area contributed by atoms with Crippen molar-refractivity contribution in [1.82, 2.24) is 20.2 Å². The summed E-state index contributed by atoms with van der Waals surface area (Å²) in [6.07, 6.45) is -1.11. The number of hydrogen-bond donors (Lipinski definition) is 2. The molecule has 1 amide bonds. The average molecular weight is 480 g/mol. The fourth-order valence-corrected chi connectivity index (χ4v) is 4.11. The maximum Gasteiger partial charge on any atom is 0.435 e. The number of amides is 1. The van der Waals surface area contributed by atoms with E-state index < -0.39 is 17.8 Å². The van der Waals surface area contributed by atoms with Crippen LogP contribution >= 0.6 is 0 Å². The molecular weight excluding hydrogens is 461 g/mol. The van der Waals surface area contributed by atoms with Crippen LogP contribution in [-0.2, 0) is 6.18 Å². The smallest absolute Gasteiger partial charge is 0.366 e. The van der Waals surface area contributed by atoms with Crippen LogP contribution in [0.1, 0.15) is 32.7 Å². The second-order valence-corrected chi connectivity index (χ2v) is 8.02. The lowest BCUT2D eigenvalue weighted by atomic mass is 9.92. The molecule has 178 valence electrons. The number of hydrogen-bond acceptors (Lipinski definition) is 8. The minimum absolute atomic E-state index is 0.0317. The van der Waals surface area contributed by atoms with Crippen molar-refractivity contribution in [3.63, 3.8) is 0 Å². The first-order chi connectivity index (χ1) is 16.7. The number of aryl methyl sites for hydroxylation is 1. The number of nitrogens with zero attached hydrogens (tertiary/aromatic N) is 6. The summed E-state index contributed by atoms with van der Waals surface area (Å²) in [6, 6.07) is 5.83. The molecule has 2 aromatic heterocycles. The molecule has 0 aliphatic carbocycles. The molecule has 5 rings (SSSR count). The summed E-state index contributed by atoms with van der Waals surface area (Å²) < 4.78 is 39.4. The highest BCUT2D eigenvalue weighted by Crippen LogP contribution is 2.38. The Hall–Kier alpha value is -4.35. The highest BCUT2D eigenvalue weighted by atomic mass is 19.4. The highest BCUT2D eigenvalue weighted by Gasteiger charge is 2.35. The largest absolute Gasteiger partial charge is 0.435 e. The third kappa shape index (κ3) is 3.86. The van der Waals surface area contributed by atoms with Crippen LogP contribution in [-0.4, -0.2) is 52.0 Å². The maximum absolute atomic E-state index is 13.1. The van der Waals surface area contributed by atoms with E-state index in [0.717, 1.165) is 33.9 Å². The molecule has 0 spiro atoms. The van der Waals surface area contributed by atoms with Gasteiger partial charge in [0.25, 0.3) is 5.91 Å². The molecule has 3 aromatic rings. The Kier molecular flexibility index (Phi) is 5.23. The number of fused-ring (bicyclic) bond motifs is 3. The monoisotopic (exact) mass is 480 g/mol. The number of nitrogens with two attached hydrogens (primary N) is 1.